The first kappa shape index (κ1) is 18.5. The van der Waals surface area contributed by atoms with Crippen LogP contribution in [0, 0.1) is 0 Å². The molecule has 2 fully saturated rings. The standard InChI is InChI=1S/C23H23N5O3/c1-30-19-7-6-16-21(29)20(9-18-15-3-2-8-24-23(15)27-26-18)31-22(16)17(19)12-28-10-13-4-5-14(11-28)25-13/h2-3,6-9,13-14,25H,4-5,10-12H2,1H3,(H,24,26,27)/b20-9-. The van der Waals surface area contributed by atoms with E-state index in [0.717, 1.165) is 29.8 Å². The summed E-state index contributed by atoms with van der Waals surface area (Å²) in [5, 5.41) is 11.7. The number of aromatic nitrogens is 3. The maximum absolute atomic E-state index is 13.1. The summed E-state index contributed by atoms with van der Waals surface area (Å²) in [6.07, 6.45) is 5.83. The van der Waals surface area contributed by atoms with Gasteiger partial charge >= 0.3 is 0 Å². The molecule has 0 spiro atoms. The number of Topliss-reactive ketones (excluding diaryl/α,β-unsaturated/α-hetero) is 1. The number of nitrogens with zero attached hydrogens (tertiary/aromatic N) is 3. The first-order valence-corrected chi connectivity index (χ1v) is 10.6. The summed E-state index contributed by atoms with van der Waals surface area (Å²) in [4.78, 5) is 19.8. The number of likely N-dealkylation sites (tertiary alicyclic amines) is 1. The number of H-pyrrole nitrogens is 1. The van der Waals surface area contributed by atoms with Gasteiger partial charge in [-0.1, -0.05) is 0 Å². The van der Waals surface area contributed by atoms with Gasteiger partial charge in [-0.15, -0.1) is 0 Å². The van der Waals surface area contributed by atoms with Crippen LogP contribution in [-0.4, -0.2) is 58.1 Å². The van der Waals surface area contributed by atoms with E-state index in [1.54, 1.807) is 25.4 Å². The number of rotatable bonds is 4. The molecule has 1 aromatic carbocycles. The van der Waals surface area contributed by atoms with E-state index in [0.29, 0.717) is 41.3 Å². The van der Waals surface area contributed by atoms with Crippen molar-refractivity contribution in [1.82, 2.24) is 25.4 Å². The fourth-order valence-corrected chi connectivity index (χ4v) is 4.98. The van der Waals surface area contributed by atoms with Crippen molar-refractivity contribution in [3.05, 3.63) is 53.0 Å². The van der Waals surface area contributed by atoms with Crippen LogP contribution in [0.2, 0.25) is 0 Å². The van der Waals surface area contributed by atoms with E-state index in [1.807, 2.05) is 18.2 Å². The van der Waals surface area contributed by atoms with Crippen LogP contribution in [0.25, 0.3) is 17.1 Å². The number of allylic oxidation sites excluding steroid dienone is 1. The molecule has 2 atom stereocenters. The van der Waals surface area contributed by atoms with E-state index in [9.17, 15) is 4.79 Å². The number of piperazine rings is 1. The summed E-state index contributed by atoms with van der Waals surface area (Å²) in [7, 11) is 1.66. The van der Waals surface area contributed by atoms with Crippen LogP contribution in [0.3, 0.4) is 0 Å². The molecule has 31 heavy (non-hydrogen) atoms. The Morgan fingerprint density at radius 2 is 2.10 bits per heavy atom. The number of ether oxygens (including phenoxy) is 2. The number of carbonyl (C=O) groups excluding carboxylic acids is 1. The molecule has 8 nitrogen and oxygen atoms in total. The Morgan fingerprint density at radius 1 is 1.26 bits per heavy atom. The van der Waals surface area contributed by atoms with Gasteiger partial charge in [0, 0.05) is 49.4 Å². The van der Waals surface area contributed by atoms with Crippen molar-refractivity contribution in [2.24, 2.45) is 0 Å². The summed E-state index contributed by atoms with van der Waals surface area (Å²) in [5.74, 6) is 1.47. The molecule has 3 aliphatic rings. The molecule has 6 rings (SSSR count). The van der Waals surface area contributed by atoms with E-state index in [2.05, 4.69) is 25.4 Å². The zero-order chi connectivity index (χ0) is 20.9. The van der Waals surface area contributed by atoms with Gasteiger partial charge in [-0.25, -0.2) is 4.98 Å². The Labute approximate surface area is 179 Å². The average molecular weight is 417 g/mol. The number of carbonyl (C=O) groups is 1. The third kappa shape index (κ3) is 3.10. The summed E-state index contributed by atoms with van der Waals surface area (Å²) in [6.45, 7) is 2.68. The van der Waals surface area contributed by atoms with Gasteiger partial charge in [0.05, 0.1) is 23.9 Å². The minimum absolute atomic E-state index is 0.140. The molecule has 0 aliphatic carbocycles. The first-order valence-electron chi connectivity index (χ1n) is 10.6. The van der Waals surface area contributed by atoms with Crippen molar-refractivity contribution in [2.75, 3.05) is 20.2 Å². The largest absolute Gasteiger partial charge is 0.496 e. The number of aromatic amines is 1. The zero-order valence-corrected chi connectivity index (χ0v) is 17.2. The minimum Gasteiger partial charge on any atom is -0.496 e. The Balaban J connectivity index is 1.35. The smallest absolute Gasteiger partial charge is 0.232 e. The Bertz CT molecular complexity index is 1210. The van der Waals surface area contributed by atoms with Gasteiger partial charge in [0.15, 0.2) is 11.4 Å². The first-order chi connectivity index (χ1) is 15.2. The summed E-state index contributed by atoms with van der Waals surface area (Å²) in [5.41, 5.74) is 2.80. The third-order valence-corrected chi connectivity index (χ3v) is 6.43. The molecular weight excluding hydrogens is 394 g/mol. The monoisotopic (exact) mass is 417 g/mol. The van der Waals surface area contributed by atoms with Gasteiger partial charge in [-0.2, -0.15) is 5.10 Å². The number of hydrogen-bond donors (Lipinski definition) is 2. The van der Waals surface area contributed by atoms with Crippen molar-refractivity contribution >= 4 is 22.9 Å². The van der Waals surface area contributed by atoms with Crippen LogP contribution < -0.4 is 14.8 Å². The van der Waals surface area contributed by atoms with Crippen molar-refractivity contribution in [3.63, 3.8) is 0 Å². The number of hydrogen-bond acceptors (Lipinski definition) is 7. The number of nitrogens with one attached hydrogen (secondary N) is 2. The lowest BCUT2D eigenvalue weighted by Crippen LogP contribution is -2.50. The molecule has 0 saturated carbocycles. The molecule has 0 radical (unpaired) electrons. The molecule has 5 heterocycles. The van der Waals surface area contributed by atoms with Crippen LogP contribution in [0.5, 0.6) is 11.5 Å². The van der Waals surface area contributed by atoms with E-state index < -0.39 is 0 Å². The number of pyridine rings is 1. The fourth-order valence-electron chi connectivity index (χ4n) is 4.98. The maximum atomic E-state index is 13.1. The van der Waals surface area contributed by atoms with Crippen LogP contribution in [0.15, 0.2) is 36.2 Å². The normalized spacial score (nSPS) is 24.0. The predicted molar refractivity (Wildman–Crippen MR) is 115 cm³/mol. The van der Waals surface area contributed by atoms with Crippen molar-refractivity contribution < 1.29 is 14.3 Å². The molecule has 2 N–H and O–H groups in total. The molecular formula is C23H23N5O3. The van der Waals surface area contributed by atoms with Crippen LogP contribution in [-0.2, 0) is 6.54 Å². The molecule has 0 amide bonds. The van der Waals surface area contributed by atoms with E-state index in [4.69, 9.17) is 9.47 Å². The maximum Gasteiger partial charge on any atom is 0.232 e. The van der Waals surface area contributed by atoms with Gasteiger partial charge in [-0.05, 0) is 37.1 Å². The van der Waals surface area contributed by atoms with Crippen LogP contribution in [0.1, 0.15) is 34.5 Å². The number of methoxy groups -OCH3 is 1. The third-order valence-electron chi connectivity index (χ3n) is 6.43. The van der Waals surface area contributed by atoms with Gasteiger partial charge in [-0.3, -0.25) is 14.8 Å². The van der Waals surface area contributed by atoms with Gasteiger partial charge in [0.1, 0.15) is 11.5 Å². The van der Waals surface area contributed by atoms with Gasteiger partial charge < -0.3 is 14.8 Å². The second kappa shape index (κ2) is 7.18. The second-order valence-electron chi connectivity index (χ2n) is 8.40. The topological polar surface area (TPSA) is 92.4 Å². The zero-order valence-electron chi connectivity index (χ0n) is 17.2. The lowest BCUT2D eigenvalue weighted by molar-refractivity contribution is 0.101. The summed E-state index contributed by atoms with van der Waals surface area (Å²) >= 11 is 0. The summed E-state index contributed by atoms with van der Waals surface area (Å²) < 4.78 is 11.8. The Morgan fingerprint density at radius 3 is 2.90 bits per heavy atom. The SMILES string of the molecule is COc1ccc2c(c1CN1CC3CCC(C1)N3)O/C(=C\c1n[nH]c3ncccc13)C2=O. The predicted octanol–water partition coefficient (Wildman–Crippen LogP) is 2.52. The van der Waals surface area contributed by atoms with Crippen molar-refractivity contribution in [3.8, 4) is 11.5 Å². The quantitative estimate of drug-likeness (QED) is 0.630. The number of fused-ring (bicyclic) bond motifs is 4. The lowest BCUT2D eigenvalue weighted by Gasteiger charge is -2.33. The summed E-state index contributed by atoms with van der Waals surface area (Å²) in [6, 6.07) is 8.49. The highest BCUT2D eigenvalue weighted by molar-refractivity contribution is 6.15. The van der Waals surface area contributed by atoms with Crippen molar-refractivity contribution in [1.29, 1.82) is 0 Å². The number of ketones is 1. The molecule has 3 aliphatic heterocycles. The second-order valence-corrected chi connectivity index (χ2v) is 8.40. The molecule has 158 valence electrons. The Kier molecular flexibility index (Phi) is 4.29. The highest BCUT2D eigenvalue weighted by Gasteiger charge is 2.35. The van der Waals surface area contributed by atoms with Crippen LogP contribution in [0.4, 0.5) is 0 Å². The average Bonchev–Trinajstić information content (AvgIpc) is 3.45. The van der Waals surface area contributed by atoms with E-state index in [1.165, 1.54) is 12.8 Å². The molecule has 2 saturated heterocycles. The van der Waals surface area contributed by atoms with E-state index >= 15 is 0 Å². The highest BCUT2D eigenvalue weighted by atomic mass is 16.5. The highest BCUT2D eigenvalue weighted by Crippen LogP contribution is 2.41. The molecule has 2 aromatic heterocycles. The fraction of sp³-hybridized carbons (Fsp3) is 0.348. The minimum atomic E-state index is -0.140. The molecule has 2 bridgehead atoms. The number of benzene rings is 1. The Hall–Kier alpha value is -3.23. The molecule has 3 aromatic rings. The molecule has 8 heteroatoms. The van der Waals surface area contributed by atoms with Crippen LogP contribution >= 0.6 is 0 Å². The van der Waals surface area contributed by atoms with E-state index in [-0.39, 0.29) is 11.5 Å². The molecule has 2 unspecified atom stereocenters. The van der Waals surface area contributed by atoms with Crippen molar-refractivity contribution in [2.45, 2.75) is 31.5 Å². The van der Waals surface area contributed by atoms with Gasteiger partial charge in [0.2, 0.25) is 5.78 Å². The van der Waals surface area contributed by atoms with Gasteiger partial charge in [0.25, 0.3) is 0 Å². The lowest BCUT2D eigenvalue weighted by atomic mass is 10.0.